The largest absolute Gasteiger partial charge is 0.316 e. The molecule has 1 aromatic rings. The molecule has 0 spiro atoms. The van der Waals surface area contributed by atoms with E-state index in [4.69, 9.17) is 0 Å². The molecule has 106 valence electrons. The Balaban J connectivity index is 2.17. The lowest BCUT2D eigenvalue weighted by Crippen LogP contribution is -2.42. The monoisotopic (exact) mass is 281 g/mol. The summed E-state index contributed by atoms with van der Waals surface area (Å²) in [6, 6.07) is 9.60. The van der Waals surface area contributed by atoms with Crippen LogP contribution in [0.25, 0.3) is 0 Å². The van der Waals surface area contributed by atoms with Gasteiger partial charge in [0.05, 0.1) is 11.0 Å². The van der Waals surface area contributed by atoms with Gasteiger partial charge in [-0.05, 0) is 25.5 Å². The summed E-state index contributed by atoms with van der Waals surface area (Å²) < 4.78 is 25.3. The molecule has 1 saturated carbocycles. The predicted octanol–water partition coefficient (Wildman–Crippen LogP) is 2.52. The average molecular weight is 281 g/mol. The topological polar surface area (TPSA) is 46.2 Å². The van der Waals surface area contributed by atoms with E-state index < -0.39 is 9.84 Å². The smallest absolute Gasteiger partial charge is 0.158 e. The van der Waals surface area contributed by atoms with E-state index in [-0.39, 0.29) is 17.0 Å². The first-order chi connectivity index (χ1) is 9.13. The molecule has 2 atom stereocenters. The van der Waals surface area contributed by atoms with Crippen LogP contribution in [0.2, 0.25) is 0 Å². The SMILES string of the molecule is CNC1CCCCCC1S(=O)(=O)Cc1ccccc1. The van der Waals surface area contributed by atoms with Crippen LogP contribution in [0.15, 0.2) is 30.3 Å². The standard InChI is InChI=1S/C15H23NO2S/c1-16-14-10-6-3-7-11-15(14)19(17,18)12-13-8-4-2-5-9-13/h2,4-5,8-9,14-16H,3,6-7,10-12H2,1H3. The van der Waals surface area contributed by atoms with Gasteiger partial charge in [-0.15, -0.1) is 0 Å². The Bertz CT molecular complexity index is 484. The van der Waals surface area contributed by atoms with Crippen LogP contribution in [-0.4, -0.2) is 26.8 Å². The van der Waals surface area contributed by atoms with Gasteiger partial charge in [0.2, 0.25) is 0 Å². The first kappa shape index (κ1) is 14.5. The molecule has 4 heteroatoms. The van der Waals surface area contributed by atoms with Crippen molar-refractivity contribution in [1.82, 2.24) is 5.32 Å². The van der Waals surface area contributed by atoms with Gasteiger partial charge in [0, 0.05) is 6.04 Å². The van der Waals surface area contributed by atoms with Crippen molar-refractivity contribution in [2.75, 3.05) is 7.05 Å². The van der Waals surface area contributed by atoms with E-state index in [1.807, 2.05) is 37.4 Å². The highest BCUT2D eigenvalue weighted by Crippen LogP contribution is 2.25. The maximum atomic E-state index is 12.6. The highest BCUT2D eigenvalue weighted by molar-refractivity contribution is 7.91. The number of sulfone groups is 1. The Hall–Kier alpha value is -0.870. The summed E-state index contributed by atoms with van der Waals surface area (Å²) in [4.78, 5) is 0. The van der Waals surface area contributed by atoms with Crippen molar-refractivity contribution in [2.24, 2.45) is 0 Å². The van der Waals surface area contributed by atoms with Crippen molar-refractivity contribution in [3.8, 4) is 0 Å². The van der Waals surface area contributed by atoms with E-state index in [2.05, 4.69) is 5.32 Å². The second kappa shape index (κ2) is 6.53. The van der Waals surface area contributed by atoms with E-state index in [9.17, 15) is 8.42 Å². The predicted molar refractivity (Wildman–Crippen MR) is 78.8 cm³/mol. The van der Waals surface area contributed by atoms with E-state index in [0.717, 1.165) is 37.7 Å². The van der Waals surface area contributed by atoms with Gasteiger partial charge in [-0.1, -0.05) is 49.6 Å². The number of hydrogen-bond acceptors (Lipinski definition) is 3. The molecule has 0 bridgehead atoms. The van der Waals surface area contributed by atoms with Crippen molar-refractivity contribution in [3.05, 3.63) is 35.9 Å². The lowest BCUT2D eigenvalue weighted by atomic mass is 10.1. The fraction of sp³-hybridized carbons (Fsp3) is 0.600. The zero-order chi connectivity index (χ0) is 13.7. The van der Waals surface area contributed by atoms with Gasteiger partial charge in [0.15, 0.2) is 9.84 Å². The number of benzene rings is 1. The van der Waals surface area contributed by atoms with E-state index in [1.165, 1.54) is 0 Å². The van der Waals surface area contributed by atoms with Crippen LogP contribution in [0.4, 0.5) is 0 Å². The molecule has 1 aliphatic rings. The maximum Gasteiger partial charge on any atom is 0.158 e. The molecule has 0 saturated heterocycles. The van der Waals surface area contributed by atoms with E-state index >= 15 is 0 Å². The van der Waals surface area contributed by atoms with Crippen LogP contribution in [0, 0.1) is 0 Å². The fourth-order valence-corrected chi connectivity index (χ4v) is 5.12. The van der Waals surface area contributed by atoms with Crippen LogP contribution in [0.5, 0.6) is 0 Å². The van der Waals surface area contributed by atoms with Crippen molar-refractivity contribution in [3.63, 3.8) is 0 Å². The highest BCUT2D eigenvalue weighted by Gasteiger charge is 2.33. The van der Waals surface area contributed by atoms with Gasteiger partial charge in [0.25, 0.3) is 0 Å². The molecular formula is C15H23NO2S. The Morgan fingerprint density at radius 3 is 2.47 bits per heavy atom. The van der Waals surface area contributed by atoms with Gasteiger partial charge < -0.3 is 5.32 Å². The van der Waals surface area contributed by atoms with E-state index in [1.54, 1.807) is 0 Å². The van der Waals surface area contributed by atoms with Crippen LogP contribution < -0.4 is 5.32 Å². The van der Waals surface area contributed by atoms with Crippen LogP contribution in [-0.2, 0) is 15.6 Å². The summed E-state index contributed by atoms with van der Waals surface area (Å²) in [7, 11) is -1.21. The van der Waals surface area contributed by atoms with Crippen molar-refractivity contribution in [1.29, 1.82) is 0 Å². The zero-order valence-corrected chi connectivity index (χ0v) is 12.3. The Labute approximate surface area is 116 Å². The van der Waals surface area contributed by atoms with Gasteiger partial charge in [-0.25, -0.2) is 8.42 Å². The summed E-state index contributed by atoms with van der Waals surface area (Å²) in [6.07, 6.45) is 5.06. The second-order valence-electron chi connectivity index (χ2n) is 5.36. The molecule has 1 aliphatic carbocycles. The highest BCUT2D eigenvalue weighted by atomic mass is 32.2. The summed E-state index contributed by atoms with van der Waals surface area (Å²) in [6.45, 7) is 0. The van der Waals surface area contributed by atoms with Crippen molar-refractivity contribution >= 4 is 9.84 Å². The molecular weight excluding hydrogens is 258 g/mol. The van der Waals surface area contributed by atoms with Crippen LogP contribution >= 0.6 is 0 Å². The first-order valence-corrected chi connectivity index (χ1v) is 8.78. The molecule has 0 heterocycles. The Morgan fingerprint density at radius 1 is 1.11 bits per heavy atom. The molecule has 19 heavy (non-hydrogen) atoms. The van der Waals surface area contributed by atoms with Gasteiger partial charge in [-0.2, -0.15) is 0 Å². The second-order valence-corrected chi connectivity index (χ2v) is 7.58. The maximum absolute atomic E-state index is 12.6. The normalized spacial score (nSPS) is 24.9. The third-order valence-electron chi connectivity index (χ3n) is 4.00. The Morgan fingerprint density at radius 2 is 1.79 bits per heavy atom. The molecule has 1 fully saturated rings. The summed E-state index contributed by atoms with van der Waals surface area (Å²) >= 11 is 0. The lowest BCUT2D eigenvalue weighted by molar-refractivity contribution is 0.480. The Kier molecular flexibility index (Phi) is 4.99. The number of hydrogen-bond donors (Lipinski definition) is 1. The minimum atomic E-state index is -3.08. The van der Waals surface area contributed by atoms with Crippen LogP contribution in [0.3, 0.4) is 0 Å². The van der Waals surface area contributed by atoms with Gasteiger partial charge in [-0.3, -0.25) is 0 Å². The lowest BCUT2D eigenvalue weighted by Gasteiger charge is -2.24. The van der Waals surface area contributed by atoms with Crippen molar-refractivity contribution in [2.45, 2.75) is 49.1 Å². The van der Waals surface area contributed by atoms with Crippen molar-refractivity contribution < 1.29 is 8.42 Å². The molecule has 0 radical (unpaired) electrons. The molecule has 0 aromatic heterocycles. The molecule has 3 nitrogen and oxygen atoms in total. The quantitative estimate of drug-likeness (QED) is 0.863. The molecule has 2 rings (SSSR count). The zero-order valence-electron chi connectivity index (χ0n) is 11.5. The number of rotatable bonds is 4. The molecule has 0 amide bonds. The van der Waals surface area contributed by atoms with Crippen LogP contribution in [0.1, 0.15) is 37.7 Å². The first-order valence-electron chi connectivity index (χ1n) is 7.06. The molecule has 1 aromatic carbocycles. The average Bonchev–Trinajstić information content (AvgIpc) is 2.64. The molecule has 0 aliphatic heterocycles. The molecule has 2 unspecified atom stereocenters. The van der Waals surface area contributed by atoms with Gasteiger partial charge >= 0.3 is 0 Å². The molecule has 1 N–H and O–H groups in total. The summed E-state index contributed by atoms with van der Waals surface area (Å²) in [5.74, 6) is 0.163. The third-order valence-corrected chi connectivity index (χ3v) is 6.22. The fourth-order valence-electron chi connectivity index (χ4n) is 2.95. The summed E-state index contributed by atoms with van der Waals surface area (Å²) in [5.41, 5.74) is 0.890. The minimum absolute atomic E-state index is 0.108. The number of nitrogens with one attached hydrogen (secondary N) is 1. The van der Waals surface area contributed by atoms with E-state index in [0.29, 0.717) is 0 Å². The summed E-state index contributed by atoms with van der Waals surface area (Å²) in [5, 5.41) is 2.97. The minimum Gasteiger partial charge on any atom is -0.316 e. The van der Waals surface area contributed by atoms with Gasteiger partial charge in [0.1, 0.15) is 0 Å². The third kappa shape index (κ3) is 3.80.